The van der Waals surface area contributed by atoms with Crippen molar-refractivity contribution < 1.29 is 14.3 Å². The summed E-state index contributed by atoms with van der Waals surface area (Å²) in [7, 11) is 1.64. The number of ether oxygens (including phenoxy) is 2. The van der Waals surface area contributed by atoms with Crippen LogP contribution in [0.5, 0.6) is 0 Å². The van der Waals surface area contributed by atoms with Gasteiger partial charge in [0.2, 0.25) is 0 Å². The van der Waals surface area contributed by atoms with Gasteiger partial charge in [0.25, 0.3) is 5.91 Å². The number of hydrogen-bond acceptors (Lipinski definition) is 4. The van der Waals surface area contributed by atoms with Crippen LogP contribution in [-0.4, -0.2) is 39.4 Å². The molecule has 1 aromatic carbocycles. The highest BCUT2D eigenvalue weighted by atomic mass is 16.5. The zero-order chi connectivity index (χ0) is 15.0. The first-order chi connectivity index (χ1) is 9.56. The lowest BCUT2D eigenvalue weighted by Crippen LogP contribution is -2.26. The molecule has 0 fully saturated rings. The van der Waals surface area contributed by atoms with Gasteiger partial charge in [-0.15, -0.1) is 0 Å². The second-order valence-electron chi connectivity index (χ2n) is 4.74. The minimum Gasteiger partial charge on any atom is -0.398 e. The topological polar surface area (TPSA) is 73.6 Å². The number of nitrogens with one attached hydrogen (secondary N) is 1. The summed E-state index contributed by atoms with van der Waals surface area (Å²) in [6.07, 6.45) is 0.774. The Kier molecular flexibility index (Phi) is 7.04. The summed E-state index contributed by atoms with van der Waals surface area (Å²) in [5.41, 5.74) is 9.04. The van der Waals surface area contributed by atoms with Crippen molar-refractivity contribution >= 4 is 11.6 Å². The molecule has 0 aliphatic carbocycles. The molecule has 0 aromatic heterocycles. The van der Waals surface area contributed by atoms with E-state index in [-0.39, 0.29) is 5.91 Å². The van der Waals surface area contributed by atoms with E-state index in [1.807, 2.05) is 19.9 Å². The molecule has 0 unspecified atom stereocenters. The lowest BCUT2D eigenvalue weighted by atomic mass is 10.0. The van der Waals surface area contributed by atoms with E-state index in [1.165, 1.54) is 0 Å². The molecule has 1 rings (SSSR count). The summed E-state index contributed by atoms with van der Waals surface area (Å²) in [6, 6.07) is 3.66. The zero-order valence-electron chi connectivity index (χ0n) is 12.5. The van der Waals surface area contributed by atoms with Crippen molar-refractivity contribution in [2.75, 3.05) is 39.2 Å². The maximum absolute atomic E-state index is 12.0. The van der Waals surface area contributed by atoms with Crippen molar-refractivity contribution in [2.45, 2.75) is 20.3 Å². The Morgan fingerprint density at radius 3 is 2.65 bits per heavy atom. The van der Waals surface area contributed by atoms with Gasteiger partial charge in [-0.3, -0.25) is 4.79 Å². The number of carbonyl (C=O) groups excluding carboxylic acids is 1. The first-order valence-corrected chi connectivity index (χ1v) is 6.78. The van der Waals surface area contributed by atoms with E-state index in [9.17, 15) is 4.79 Å². The molecule has 0 atom stereocenters. The molecule has 0 bridgehead atoms. The molecule has 20 heavy (non-hydrogen) atoms. The van der Waals surface area contributed by atoms with Gasteiger partial charge in [0, 0.05) is 31.5 Å². The summed E-state index contributed by atoms with van der Waals surface area (Å²) in [6.45, 7) is 6.21. The molecule has 0 saturated carbocycles. The Morgan fingerprint density at radius 1 is 1.20 bits per heavy atom. The molecule has 0 radical (unpaired) electrons. The second-order valence-corrected chi connectivity index (χ2v) is 4.74. The lowest BCUT2D eigenvalue weighted by molar-refractivity contribution is 0.0688. The van der Waals surface area contributed by atoms with Crippen molar-refractivity contribution in [3.8, 4) is 0 Å². The highest BCUT2D eigenvalue weighted by Crippen LogP contribution is 2.17. The van der Waals surface area contributed by atoms with Crippen LogP contribution in [0.25, 0.3) is 0 Å². The van der Waals surface area contributed by atoms with E-state index >= 15 is 0 Å². The van der Waals surface area contributed by atoms with E-state index in [0.29, 0.717) is 37.6 Å². The lowest BCUT2D eigenvalue weighted by Gasteiger charge is -2.10. The molecule has 1 aromatic rings. The van der Waals surface area contributed by atoms with Crippen LogP contribution in [0.15, 0.2) is 12.1 Å². The third kappa shape index (κ3) is 5.19. The van der Waals surface area contributed by atoms with E-state index < -0.39 is 0 Å². The first-order valence-electron chi connectivity index (χ1n) is 6.78. The molecule has 0 heterocycles. The molecule has 112 valence electrons. The number of amides is 1. The molecular formula is C15H24N2O3. The highest BCUT2D eigenvalue weighted by molar-refractivity contribution is 5.96. The van der Waals surface area contributed by atoms with Gasteiger partial charge in [-0.25, -0.2) is 0 Å². The Bertz CT molecular complexity index is 447. The number of nitrogens with two attached hydrogens (primary N) is 1. The minimum absolute atomic E-state index is 0.0916. The van der Waals surface area contributed by atoms with Crippen LogP contribution in [0.2, 0.25) is 0 Å². The zero-order valence-corrected chi connectivity index (χ0v) is 12.5. The van der Waals surface area contributed by atoms with Crippen LogP contribution in [-0.2, 0) is 9.47 Å². The van der Waals surface area contributed by atoms with E-state index in [1.54, 1.807) is 13.2 Å². The van der Waals surface area contributed by atoms with Gasteiger partial charge in [0.1, 0.15) is 0 Å². The van der Waals surface area contributed by atoms with Gasteiger partial charge < -0.3 is 20.5 Å². The van der Waals surface area contributed by atoms with Crippen LogP contribution in [0.3, 0.4) is 0 Å². The van der Waals surface area contributed by atoms with Gasteiger partial charge in [-0.05, 0) is 37.5 Å². The third-order valence-electron chi connectivity index (χ3n) is 3.04. The number of benzene rings is 1. The fourth-order valence-electron chi connectivity index (χ4n) is 1.83. The Hall–Kier alpha value is -1.59. The number of rotatable bonds is 8. The van der Waals surface area contributed by atoms with Crippen molar-refractivity contribution in [1.29, 1.82) is 0 Å². The number of hydrogen-bond donors (Lipinski definition) is 2. The van der Waals surface area contributed by atoms with Crippen molar-refractivity contribution in [3.05, 3.63) is 28.8 Å². The van der Waals surface area contributed by atoms with Crippen LogP contribution < -0.4 is 11.1 Å². The maximum Gasteiger partial charge on any atom is 0.251 e. The molecule has 0 saturated heterocycles. The molecule has 0 aliphatic rings. The van der Waals surface area contributed by atoms with Gasteiger partial charge >= 0.3 is 0 Å². The number of carbonyl (C=O) groups is 1. The average Bonchev–Trinajstić information content (AvgIpc) is 2.41. The van der Waals surface area contributed by atoms with E-state index in [0.717, 1.165) is 17.5 Å². The fourth-order valence-corrected chi connectivity index (χ4v) is 1.83. The van der Waals surface area contributed by atoms with Gasteiger partial charge in [0.05, 0.1) is 13.2 Å². The molecule has 0 aliphatic heterocycles. The Balaban J connectivity index is 2.34. The summed E-state index contributed by atoms with van der Waals surface area (Å²) < 4.78 is 10.2. The van der Waals surface area contributed by atoms with Gasteiger partial charge in [-0.1, -0.05) is 6.07 Å². The SMILES string of the molecule is COCCOCCCNC(=O)c1cc(N)c(C)cc1C. The number of nitrogen functional groups attached to an aromatic ring is 1. The standard InChI is InChI=1S/C15H24N2O3/c1-11-9-12(2)14(16)10-13(11)15(18)17-5-4-6-20-8-7-19-3/h9-10H,4-8,16H2,1-3H3,(H,17,18). The molecule has 5 heteroatoms. The highest BCUT2D eigenvalue weighted by Gasteiger charge is 2.10. The summed E-state index contributed by atoms with van der Waals surface area (Å²) >= 11 is 0. The van der Waals surface area contributed by atoms with Crippen molar-refractivity contribution in [2.24, 2.45) is 0 Å². The summed E-state index contributed by atoms with van der Waals surface area (Å²) in [5.74, 6) is -0.0916. The quantitative estimate of drug-likeness (QED) is 0.561. The first kappa shape index (κ1) is 16.5. The summed E-state index contributed by atoms with van der Waals surface area (Å²) in [5, 5.41) is 2.87. The van der Waals surface area contributed by atoms with E-state index in [4.69, 9.17) is 15.2 Å². The smallest absolute Gasteiger partial charge is 0.251 e. The molecule has 0 spiro atoms. The van der Waals surface area contributed by atoms with Crippen molar-refractivity contribution in [3.63, 3.8) is 0 Å². The molecule has 5 nitrogen and oxygen atoms in total. The molecule has 1 amide bonds. The number of methoxy groups -OCH3 is 1. The van der Waals surface area contributed by atoms with Crippen LogP contribution in [0.1, 0.15) is 27.9 Å². The number of anilines is 1. The third-order valence-corrected chi connectivity index (χ3v) is 3.04. The van der Waals surface area contributed by atoms with Crippen LogP contribution in [0.4, 0.5) is 5.69 Å². The average molecular weight is 280 g/mol. The largest absolute Gasteiger partial charge is 0.398 e. The molecule has 3 N–H and O–H groups in total. The normalized spacial score (nSPS) is 10.6. The second kappa shape index (κ2) is 8.55. The van der Waals surface area contributed by atoms with Gasteiger partial charge in [0.15, 0.2) is 0 Å². The monoisotopic (exact) mass is 280 g/mol. The predicted octanol–water partition coefficient (Wildman–Crippen LogP) is 1.67. The predicted molar refractivity (Wildman–Crippen MR) is 80.0 cm³/mol. The van der Waals surface area contributed by atoms with E-state index in [2.05, 4.69) is 5.32 Å². The molecular weight excluding hydrogens is 256 g/mol. The minimum atomic E-state index is -0.0916. The maximum atomic E-state index is 12.0. The van der Waals surface area contributed by atoms with Crippen LogP contribution >= 0.6 is 0 Å². The van der Waals surface area contributed by atoms with Crippen LogP contribution in [0, 0.1) is 13.8 Å². The summed E-state index contributed by atoms with van der Waals surface area (Å²) in [4.78, 5) is 12.0. The Morgan fingerprint density at radius 2 is 1.95 bits per heavy atom. The fraction of sp³-hybridized carbons (Fsp3) is 0.533. The van der Waals surface area contributed by atoms with Gasteiger partial charge in [-0.2, -0.15) is 0 Å². The number of aryl methyl sites for hydroxylation is 2. The van der Waals surface area contributed by atoms with Crippen molar-refractivity contribution in [1.82, 2.24) is 5.32 Å². The Labute approximate surface area is 120 Å².